The summed E-state index contributed by atoms with van der Waals surface area (Å²) in [5.74, 6) is -0.0472. The second-order valence-electron chi connectivity index (χ2n) is 5.94. The van der Waals surface area contributed by atoms with Gasteiger partial charge < -0.3 is 10.6 Å². The number of rotatable bonds is 5. The predicted octanol–water partition coefficient (Wildman–Crippen LogP) is 3.56. The molecule has 0 aliphatic heterocycles. The van der Waals surface area contributed by atoms with Gasteiger partial charge in [0.1, 0.15) is 4.83 Å². The molecule has 0 aliphatic rings. The van der Waals surface area contributed by atoms with Crippen LogP contribution in [0.4, 0.5) is 0 Å². The molecule has 0 radical (unpaired) electrons. The molecule has 0 fully saturated rings. The summed E-state index contributed by atoms with van der Waals surface area (Å²) in [6.07, 6.45) is 0. The monoisotopic (exact) mass is 339 g/mol. The number of nitrogens with one attached hydrogen (secondary N) is 2. The zero-order valence-electron chi connectivity index (χ0n) is 14.1. The van der Waals surface area contributed by atoms with Crippen LogP contribution in [0.5, 0.6) is 0 Å². The number of pyridine rings is 1. The molecule has 3 rings (SSSR count). The fourth-order valence-corrected chi connectivity index (χ4v) is 3.84. The number of benzene rings is 1. The van der Waals surface area contributed by atoms with Crippen molar-refractivity contribution in [2.45, 2.75) is 26.9 Å². The van der Waals surface area contributed by atoms with Crippen LogP contribution in [0, 0.1) is 13.8 Å². The van der Waals surface area contributed by atoms with Gasteiger partial charge in [-0.05, 0) is 49.7 Å². The first-order chi connectivity index (χ1) is 11.6. The van der Waals surface area contributed by atoms with E-state index in [1.54, 1.807) is 0 Å². The first-order valence-electron chi connectivity index (χ1n) is 7.95. The Balaban J connectivity index is 1.73. The van der Waals surface area contributed by atoms with Gasteiger partial charge in [0.2, 0.25) is 0 Å². The first-order valence-corrected chi connectivity index (χ1v) is 8.77. The minimum absolute atomic E-state index is 0.0472. The molecule has 1 aromatic carbocycles. The largest absolute Gasteiger partial charge is 0.347 e. The number of carbonyl (C=O) groups is 1. The Kier molecular flexibility index (Phi) is 4.92. The third kappa shape index (κ3) is 3.63. The SMILES string of the molecule is CNCc1cccc(CNC(=O)c2cc3c(C)cc(C)nc3s2)c1. The van der Waals surface area contributed by atoms with Gasteiger partial charge in [0.05, 0.1) is 4.88 Å². The molecule has 3 aromatic rings. The average molecular weight is 339 g/mol. The topological polar surface area (TPSA) is 54.0 Å². The number of aromatic nitrogens is 1. The van der Waals surface area contributed by atoms with Crippen molar-refractivity contribution in [3.05, 3.63) is 63.7 Å². The van der Waals surface area contributed by atoms with Crippen molar-refractivity contribution < 1.29 is 4.79 Å². The van der Waals surface area contributed by atoms with Crippen LogP contribution in [0.15, 0.2) is 36.4 Å². The lowest BCUT2D eigenvalue weighted by atomic mass is 10.1. The fraction of sp³-hybridized carbons (Fsp3) is 0.263. The molecular formula is C19H21N3OS. The Labute approximate surface area is 145 Å². The lowest BCUT2D eigenvalue weighted by Crippen LogP contribution is -2.21. The number of hydrogen-bond donors (Lipinski definition) is 2. The second-order valence-corrected chi connectivity index (χ2v) is 6.97. The summed E-state index contributed by atoms with van der Waals surface area (Å²) in [7, 11) is 1.92. The van der Waals surface area contributed by atoms with E-state index in [0.717, 1.165) is 33.6 Å². The molecule has 4 nitrogen and oxygen atoms in total. The number of hydrogen-bond acceptors (Lipinski definition) is 4. The molecule has 0 spiro atoms. The number of amides is 1. The number of fused-ring (bicyclic) bond motifs is 1. The zero-order valence-corrected chi connectivity index (χ0v) is 15.0. The highest BCUT2D eigenvalue weighted by Gasteiger charge is 2.12. The maximum atomic E-state index is 12.5. The van der Waals surface area contributed by atoms with Crippen LogP contribution in [-0.2, 0) is 13.1 Å². The Bertz CT molecular complexity index is 885. The van der Waals surface area contributed by atoms with Crippen molar-refractivity contribution in [1.82, 2.24) is 15.6 Å². The van der Waals surface area contributed by atoms with Crippen molar-refractivity contribution in [2.75, 3.05) is 7.05 Å². The summed E-state index contributed by atoms with van der Waals surface area (Å²) in [6, 6.07) is 12.2. The molecule has 1 amide bonds. The van der Waals surface area contributed by atoms with E-state index < -0.39 is 0 Å². The molecule has 0 atom stereocenters. The van der Waals surface area contributed by atoms with E-state index in [1.165, 1.54) is 16.9 Å². The van der Waals surface area contributed by atoms with Crippen LogP contribution in [-0.4, -0.2) is 17.9 Å². The third-order valence-electron chi connectivity index (χ3n) is 3.89. The molecule has 0 bridgehead atoms. The summed E-state index contributed by atoms with van der Waals surface area (Å²) >= 11 is 1.45. The van der Waals surface area contributed by atoms with Crippen molar-refractivity contribution in [2.24, 2.45) is 0 Å². The van der Waals surface area contributed by atoms with Crippen molar-refractivity contribution in [3.8, 4) is 0 Å². The van der Waals surface area contributed by atoms with Crippen LogP contribution < -0.4 is 10.6 Å². The maximum Gasteiger partial charge on any atom is 0.261 e. The van der Waals surface area contributed by atoms with Crippen molar-refractivity contribution in [1.29, 1.82) is 0 Å². The smallest absolute Gasteiger partial charge is 0.261 e. The van der Waals surface area contributed by atoms with E-state index in [0.29, 0.717) is 11.4 Å². The zero-order chi connectivity index (χ0) is 17.1. The summed E-state index contributed by atoms with van der Waals surface area (Å²) in [5, 5.41) is 7.20. The van der Waals surface area contributed by atoms with Crippen LogP contribution in [0.2, 0.25) is 0 Å². The van der Waals surface area contributed by atoms with E-state index in [4.69, 9.17) is 0 Å². The minimum atomic E-state index is -0.0472. The average Bonchev–Trinajstić information content (AvgIpc) is 2.98. The standard InChI is InChI=1S/C19H21N3OS/c1-12-7-13(2)22-19-16(12)9-17(24-19)18(23)21-11-15-6-4-5-14(8-15)10-20-3/h4-9,20H,10-11H2,1-3H3,(H,21,23). The molecule has 2 N–H and O–H groups in total. The fourth-order valence-electron chi connectivity index (χ4n) is 2.77. The van der Waals surface area contributed by atoms with E-state index in [-0.39, 0.29) is 5.91 Å². The quantitative estimate of drug-likeness (QED) is 0.747. The van der Waals surface area contributed by atoms with Gasteiger partial charge in [0.25, 0.3) is 5.91 Å². The minimum Gasteiger partial charge on any atom is -0.347 e. The van der Waals surface area contributed by atoms with Gasteiger partial charge in [0, 0.05) is 24.2 Å². The first kappa shape index (κ1) is 16.6. The van der Waals surface area contributed by atoms with Crippen LogP contribution >= 0.6 is 11.3 Å². The van der Waals surface area contributed by atoms with Gasteiger partial charge in [-0.15, -0.1) is 11.3 Å². The van der Waals surface area contributed by atoms with Gasteiger partial charge in [0.15, 0.2) is 0 Å². The molecule has 0 saturated heterocycles. The summed E-state index contributed by atoms with van der Waals surface area (Å²) in [5.41, 5.74) is 4.45. The van der Waals surface area contributed by atoms with E-state index >= 15 is 0 Å². The molecule has 5 heteroatoms. The third-order valence-corrected chi connectivity index (χ3v) is 4.92. The van der Waals surface area contributed by atoms with Gasteiger partial charge in [-0.3, -0.25) is 4.79 Å². The van der Waals surface area contributed by atoms with E-state index in [1.807, 2.05) is 38.2 Å². The van der Waals surface area contributed by atoms with Crippen molar-refractivity contribution in [3.63, 3.8) is 0 Å². The maximum absolute atomic E-state index is 12.5. The molecule has 0 aliphatic carbocycles. The molecule has 0 saturated carbocycles. The molecule has 124 valence electrons. The Morgan fingerprint density at radius 3 is 2.62 bits per heavy atom. The molecule has 0 unspecified atom stereocenters. The number of nitrogens with zero attached hydrogens (tertiary/aromatic N) is 1. The van der Waals surface area contributed by atoms with E-state index in [2.05, 4.69) is 34.7 Å². The summed E-state index contributed by atoms with van der Waals surface area (Å²) < 4.78 is 0. The van der Waals surface area contributed by atoms with Crippen LogP contribution in [0.25, 0.3) is 10.2 Å². The molecule has 2 aromatic heterocycles. The summed E-state index contributed by atoms with van der Waals surface area (Å²) in [4.78, 5) is 18.6. The number of carbonyl (C=O) groups excluding carboxylic acids is 1. The highest BCUT2D eigenvalue weighted by atomic mass is 32.1. The number of thiophene rings is 1. The second kappa shape index (κ2) is 7.11. The van der Waals surface area contributed by atoms with Crippen LogP contribution in [0.1, 0.15) is 32.1 Å². The molecule has 24 heavy (non-hydrogen) atoms. The predicted molar refractivity (Wildman–Crippen MR) is 99.5 cm³/mol. The number of aryl methyl sites for hydroxylation is 2. The molecular weight excluding hydrogens is 318 g/mol. The van der Waals surface area contributed by atoms with Gasteiger partial charge >= 0.3 is 0 Å². The summed E-state index contributed by atoms with van der Waals surface area (Å²) in [6.45, 7) is 5.38. The molecule has 2 heterocycles. The highest BCUT2D eigenvalue weighted by molar-refractivity contribution is 7.20. The van der Waals surface area contributed by atoms with Crippen LogP contribution in [0.3, 0.4) is 0 Å². The van der Waals surface area contributed by atoms with E-state index in [9.17, 15) is 4.79 Å². The van der Waals surface area contributed by atoms with Crippen molar-refractivity contribution >= 4 is 27.5 Å². The highest BCUT2D eigenvalue weighted by Crippen LogP contribution is 2.27. The van der Waals surface area contributed by atoms with Gasteiger partial charge in [-0.2, -0.15) is 0 Å². The lowest BCUT2D eigenvalue weighted by molar-refractivity contribution is 0.0955. The Hall–Kier alpha value is -2.24. The lowest BCUT2D eigenvalue weighted by Gasteiger charge is -2.06. The Morgan fingerprint density at radius 2 is 1.88 bits per heavy atom. The normalized spacial score (nSPS) is 11.0. The Morgan fingerprint density at radius 1 is 1.12 bits per heavy atom. The van der Waals surface area contributed by atoms with Gasteiger partial charge in [-0.25, -0.2) is 4.98 Å². The van der Waals surface area contributed by atoms with Gasteiger partial charge in [-0.1, -0.05) is 24.3 Å².